The largest absolute Gasteiger partial charge is 0.388 e. The Morgan fingerprint density at radius 1 is 1.50 bits per heavy atom. The molecule has 0 aromatic carbocycles. The Balaban J connectivity index is 2.81. The fourth-order valence-electron chi connectivity index (χ4n) is 1.07. The molecule has 68 valence electrons. The van der Waals surface area contributed by atoms with Gasteiger partial charge in [0.1, 0.15) is 6.10 Å². The summed E-state index contributed by atoms with van der Waals surface area (Å²) in [4.78, 5) is 0. The Hall–Kier alpha value is -0.840. The van der Waals surface area contributed by atoms with Crippen molar-refractivity contribution in [3.63, 3.8) is 0 Å². The maximum absolute atomic E-state index is 9.64. The van der Waals surface area contributed by atoms with E-state index < -0.39 is 11.8 Å². The van der Waals surface area contributed by atoms with E-state index >= 15 is 0 Å². The third kappa shape index (κ3) is 1.50. The summed E-state index contributed by atoms with van der Waals surface area (Å²) < 4.78 is 0. The predicted octanol–water partition coefficient (Wildman–Crippen LogP) is -1.07. The van der Waals surface area contributed by atoms with Crippen molar-refractivity contribution >= 4 is 0 Å². The molecule has 1 aliphatic carbocycles. The number of aliphatic hydroxyl groups is 2. The lowest BCUT2D eigenvalue weighted by atomic mass is 10.00. The van der Waals surface area contributed by atoms with Crippen molar-refractivity contribution in [3.8, 4) is 0 Å². The molecule has 2 unspecified atom stereocenters. The molecular weight excluding hydrogens is 156 g/mol. The summed E-state index contributed by atoms with van der Waals surface area (Å²) in [5.74, 6) is 0. The van der Waals surface area contributed by atoms with Gasteiger partial charge in [-0.1, -0.05) is 0 Å². The summed E-state index contributed by atoms with van der Waals surface area (Å²) in [7, 11) is 3.35. The molecule has 1 aliphatic rings. The first-order valence-corrected chi connectivity index (χ1v) is 3.80. The van der Waals surface area contributed by atoms with Gasteiger partial charge >= 0.3 is 0 Å². The van der Waals surface area contributed by atoms with E-state index in [1.807, 2.05) is 0 Å². The summed E-state index contributed by atoms with van der Waals surface area (Å²) >= 11 is 0. The van der Waals surface area contributed by atoms with E-state index in [9.17, 15) is 10.2 Å². The molecule has 0 heterocycles. The predicted molar refractivity (Wildman–Crippen MR) is 46.3 cm³/mol. The summed E-state index contributed by atoms with van der Waals surface area (Å²) in [6.45, 7) is 0. The van der Waals surface area contributed by atoms with Crippen LogP contribution in [0, 0.1) is 0 Å². The van der Waals surface area contributed by atoms with Crippen molar-refractivity contribution in [1.29, 1.82) is 0 Å². The Kier molecular flexibility index (Phi) is 2.52. The third-order valence-electron chi connectivity index (χ3n) is 1.99. The molecule has 0 saturated heterocycles. The highest BCUT2D eigenvalue weighted by Gasteiger charge is 2.31. The van der Waals surface area contributed by atoms with E-state index in [-0.39, 0.29) is 0 Å². The minimum absolute atomic E-state index is 0.794. The molecule has 4 heteroatoms. The lowest BCUT2D eigenvalue weighted by Gasteiger charge is -2.30. The van der Waals surface area contributed by atoms with Gasteiger partial charge in [0.15, 0.2) is 5.72 Å². The fraction of sp³-hybridized carbons (Fsp3) is 0.500. The topological polar surface area (TPSA) is 64.5 Å². The molecule has 0 bridgehead atoms. The fourth-order valence-corrected chi connectivity index (χ4v) is 1.07. The van der Waals surface area contributed by atoms with Crippen LogP contribution in [0.4, 0.5) is 0 Å². The summed E-state index contributed by atoms with van der Waals surface area (Å²) in [5, 5.41) is 24.6. The van der Waals surface area contributed by atoms with Gasteiger partial charge in [-0.2, -0.15) is 0 Å². The minimum atomic E-state index is -1.33. The first kappa shape index (κ1) is 9.25. The second-order valence-corrected chi connectivity index (χ2v) is 2.73. The van der Waals surface area contributed by atoms with Crippen molar-refractivity contribution < 1.29 is 10.2 Å². The lowest BCUT2D eigenvalue weighted by molar-refractivity contribution is -0.0360. The Morgan fingerprint density at radius 2 is 2.17 bits per heavy atom. The molecule has 12 heavy (non-hydrogen) atoms. The van der Waals surface area contributed by atoms with Crippen LogP contribution in [0.15, 0.2) is 23.9 Å². The van der Waals surface area contributed by atoms with Gasteiger partial charge in [0.05, 0.1) is 0 Å². The molecule has 0 radical (unpaired) electrons. The molecule has 0 amide bonds. The summed E-state index contributed by atoms with van der Waals surface area (Å²) in [6, 6.07) is 0. The molecule has 0 aromatic heterocycles. The molecule has 0 aromatic rings. The van der Waals surface area contributed by atoms with Gasteiger partial charge in [-0.25, -0.2) is 0 Å². The highest BCUT2D eigenvalue weighted by molar-refractivity contribution is 5.28. The summed E-state index contributed by atoms with van der Waals surface area (Å²) in [5.41, 5.74) is -0.539. The molecule has 4 nitrogen and oxygen atoms in total. The van der Waals surface area contributed by atoms with Crippen LogP contribution in [-0.4, -0.2) is 36.1 Å². The lowest BCUT2D eigenvalue weighted by Crippen LogP contribution is -2.52. The van der Waals surface area contributed by atoms with Crippen molar-refractivity contribution in [2.24, 2.45) is 0 Å². The van der Waals surface area contributed by atoms with Crippen LogP contribution in [0.2, 0.25) is 0 Å². The van der Waals surface area contributed by atoms with Gasteiger partial charge < -0.3 is 15.5 Å². The van der Waals surface area contributed by atoms with Gasteiger partial charge in [0.25, 0.3) is 0 Å². The molecule has 0 fully saturated rings. The quantitative estimate of drug-likeness (QED) is 0.398. The average Bonchev–Trinajstić information content (AvgIpc) is 2.10. The molecule has 0 aliphatic heterocycles. The first-order chi connectivity index (χ1) is 5.62. The van der Waals surface area contributed by atoms with Crippen LogP contribution in [-0.2, 0) is 0 Å². The van der Waals surface area contributed by atoms with Gasteiger partial charge in [-0.15, -0.1) is 0 Å². The van der Waals surface area contributed by atoms with Gasteiger partial charge in [-0.05, 0) is 25.3 Å². The number of nitrogens with one attached hydrogen (secondary N) is 2. The standard InChI is InChI=1S/C8H14N2O2/c1-9-6-3-4-8(12,10-2)7(11)5-6/h3-5,7,9-12H,1-2H3. The van der Waals surface area contributed by atoms with Gasteiger partial charge in [0.2, 0.25) is 0 Å². The number of rotatable bonds is 2. The van der Waals surface area contributed by atoms with Crippen LogP contribution in [0.3, 0.4) is 0 Å². The zero-order valence-electron chi connectivity index (χ0n) is 7.20. The normalized spacial score (nSPS) is 34.7. The number of hydrogen-bond acceptors (Lipinski definition) is 4. The summed E-state index contributed by atoms with van der Waals surface area (Å²) in [6.07, 6.45) is 3.86. The van der Waals surface area contributed by atoms with Gasteiger partial charge in [-0.3, -0.25) is 5.32 Å². The monoisotopic (exact) mass is 170 g/mol. The molecular formula is C8H14N2O2. The zero-order chi connectivity index (χ0) is 9.19. The number of hydrogen-bond donors (Lipinski definition) is 4. The minimum Gasteiger partial charge on any atom is -0.388 e. The first-order valence-electron chi connectivity index (χ1n) is 3.80. The molecule has 1 rings (SSSR count). The second kappa shape index (κ2) is 3.26. The van der Waals surface area contributed by atoms with Crippen LogP contribution in [0.25, 0.3) is 0 Å². The molecule has 4 N–H and O–H groups in total. The maximum Gasteiger partial charge on any atom is 0.165 e. The molecule has 0 spiro atoms. The SMILES string of the molecule is CNC1=CC(O)C(O)(NC)C=C1. The van der Waals surface area contributed by atoms with Crippen molar-refractivity contribution in [2.75, 3.05) is 14.1 Å². The van der Waals surface area contributed by atoms with Crippen LogP contribution in [0.5, 0.6) is 0 Å². The van der Waals surface area contributed by atoms with E-state index in [1.165, 1.54) is 6.08 Å². The van der Waals surface area contributed by atoms with Crippen molar-refractivity contribution in [1.82, 2.24) is 10.6 Å². The highest BCUT2D eigenvalue weighted by atomic mass is 16.4. The highest BCUT2D eigenvalue weighted by Crippen LogP contribution is 2.16. The van der Waals surface area contributed by atoms with E-state index in [1.54, 1.807) is 26.2 Å². The number of likely N-dealkylation sites (N-methyl/N-ethyl adjacent to an activating group) is 2. The zero-order valence-corrected chi connectivity index (χ0v) is 7.20. The van der Waals surface area contributed by atoms with Crippen LogP contribution >= 0.6 is 0 Å². The molecule has 0 saturated carbocycles. The second-order valence-electron chi connectivity index (χ2n) is 2.73. The van der Waals surface area contributed by atoms with Crippen LogP contribution < -0.4 is 10.6 Å². The Bertz CT molecular complexity index is 225. The Morgan fingerprint density at radius 3 is 2.58 bits per heavy atom. The number of aliphatic hydroxyl groups excluding tert-OH is 1. The third-order valence-corrected chi connectivity index (χ3v) is 1.99. The van der Waals surface area contributed by atoms with Crippen LogP contribution in [0.1, 0.15) is 0 Å². The maximum atomic E-state index is 9.64. The van der Waals surface area contributed by atoms with E-state index in [4.69, 9.17) is 0 Å². The number of allylic oxidation sites excluding steroid dienone is 1. The van der Waals surface area contributed by atoms with E-state index in [0.29, 0.717) is 0 Å². The van der Waals surface area contributed by atoms with Crippen molar-refractivity contribution in [3.05, 3.63) is 23.9 Å². The van der Waals surface area contributed by atoms with Crippen molar-refractivity contribution in [2.45, 2.75) is 11.8 Å². The average molecular weight is 170 g/mol. The van der Waals surface area contributed by atoms with E-state index in [2.05, 4.69) is 10.6 Å². The molecule has 2 atom stereocenters. The smallest absolute Gasteiger partial charge is 0.165 e. The van der Waals surface area contributed by atoms with E-state index in [0.717, 1.165) is 5.70 Å². The van der Waals surface area contributed by atoms with Gasteiger partial charge in [0, 0.05) is 12.7 Å². The Labute approximate surface area is 71.6 Å².